The zero-order chi connectivity index (χ0) is 12.8. The zero-order valence-electron chi connectivity index (χ0n) is 10.6. The third kappa shape index (κ3) is 1.84. The fraction of sp³-hybridized carbons (Fsp3) is 0.462. The van der Waals surface area contributed by atoms with Crippen molar-refractivity contribution in [2.75, 3.05) is 0 Å². The third-order valence-electron chi connectivity index (χ3n) is 2.98. The second kappa shape index (κ2) is 3.65. The molecule has 4 nitrogen and oxygen atoms in total. The molecule has 0 fully saturated rings. The van der Waals surface area contributed by atoms with Gasteiger partial charge in [0.15, 0.2) is 11.6 Å². The normalized spacial score (nSPS) is 15.5. The van der Waals surface area contributed by atoms with E-state index in [1.807, 2.05) is 20.8 Å². The van der Waals surface area contributed by atoms with Crippen LogP contribution in [0.25, 0.3) is 0 Å². The zero-order valence-corrected chi connectivity index (χ0v) is 10.6. The van der Waals surface area contributed by atoms with E-state index in [-0.39, 0.29) is 11.6 Å². The van der Waals surface area contributed by atoms with Crippen molar-refractivity contribution >= 4 is 11.6 Å². The minimum absolute atomic E-state index is 0.1000. The van der Waals surface area contributed by atoms with Crippen molar-refractivity contribution in [1.29, 1.82) is 0 Å². The van der Waals surface area contributed by atoms with Gasteiger partial charge in [0.25, 0.3) is 0 Å². The Morgan fingerprint density at radius 3 is 2.65 bits per heavy atom. The molecule has 1 aliphatic rings. The summed E-state index contributed by atoms with van der Waals surface area (Å²) in [5.74, 6) is -0.295. The van der Waals surface area contributed by atoms with Crippen LogP contribution in [0.1, 0.15) is 36.8 Å². The Hall–Kier alpha value is -1.71. The Labute approximate surface area is 100 Å². The van der Waals surface area contributed by atoms with Crippen LogP contribution in [-0.4, -0.2) is 21.3 Å². The number of ketones is 2. The summed E-state index contributed by atoms with van der Waals surface area (Å²) in [5.41, 5.74) is 1.21. The standard InChI is InChI=1S/C13H16N2O2/c1-13(2,3)12(17)8-5-6-10-9(11(8)16)7-14-15(10)4/h5,7H,6H2,1-4H3. The van der Waals surface area contributed by atoms with Crippen LogP contribution >= 0.6 is 0 Å². The lowest BCUT2D eigenvalue weighted by Crippen LogP contribution is -2.28. The van der Waals surface area contributed by atoms with E-state index >= 15 is 0 Å². The molecular formula is C13H16N2O2. The van der Waals surface area contributed by atoms with E-state index in [0.717, 1.165) is 5.69 Å². The summed E-state index contributed by atoms with van der Waals surface area (Å²) in [4.78, 5) is 24.3. The molecule has 0 unspecified atom stereocenters. The van der Waals surface area contributed by atoms with Gasteiger partial charge in [0.05, 0.1) is 23.0 Å². The molecule has 1 heterocycles. The molecule has 90 valence electrons. The van der Waals surface area contributed by atoms with Gasteiger partial charge in [-0.05, 0) is 0 Å². The molecular weight excluding hydrogens is 216 g/mol. The van der Waals surface area contributed by atoms with Gasteiger partial charge >= 0.3 is 0 Å². The first kappa shape index (κ1) is 11.8. The van der Waals surface area contributed by atoms with E-state index in [2.05, 4.69) is 5.10 Å². The Kier molecular flexibility index (Phi) is 2.53. The maximum Gasteiger partial charge on any atom is 0.199 e. The van der Waals surface area contributed by atoms with Gasteiger partial charge in [-0.15, -0.1) is 0 Å². The molecule has 2 rings (SSSR count). The molecule has 4 heteroatoms. The van der Waals surface area contributed by atoms with Gasteiger partial charge < -0.3 is 0 Å². The minimum atomic E-state index is -0.527. The van der Waals surface area contributed by atoms with Gasteiger partial charge in [0, 0.05) is 18.9 Å². The van der Waals surface area contributed by atoms with Crippen molar-refractivity contribution in [3.63, 3.8) is 0 Å². The molecule has 1 aliphatic carbocycles. The summed E-state index contributed by atoms with van der Waals surface area (Å²) >= 11 is 0. The smallest absolute Gasteiger partial charge is 0.199 e. The van der Waals surface area contributed by atoms with Crippen LogP contribution in [-0.2, 0) is 18.3 Å². The molecule has 0 N–H and O–H groups in total. The summed E-state index contributed by atoms with van der Waals surface area (Å²) < 4.78 is 1.68. The van der Waals surface area contributed by atoms with Gasteiger partial charge in [0.1, 0.15) is 0 Å². The minimum Gasteiger partial charge on any atom is -0.293 e. The number of carbonyl (C=O) groups excluding carboxylic acids is 2. The van der Waals surface area contributed by atoms with Crippen LogP contribution < -0.4 is 0 Å². The summed E-state index contributed by atoms with van der Waals surface area (Å²) in [6.07, 6.45) is 3.86. The lowest BCUT2D eigenvalue weighted by atomic mass is 9.81. The van der Waals surface area contributed by atoms with Crippen molar-refractivity contribution in [2.45, 2.75) is 27.2 Å². The van der Waals surface area contributed by atoms with Crippen molar-refractivity contribution in [3.05, 3.63) is 29.1 Å². The first-order valence-electron chi connectivity index (χ1n) is 5.63. The number of fused-ring (bicyclic) bond motifs is 1. The second-order valence-corrected chi connectivity index (χ2v) is 5.36. The van der Waals surface area contributed by atoms with E-state index in [4.69, 9.17) is 0 Å². The van der Waals surface area contributed by atoms with E-state index in [1.165, 1.54) is 0 Å². The highest BCUT2D eigenvalue weighted by Gasteiger charge is 2.33. The van der Waals surface area contributed by atoms with Gasteiger partial charge in [-0.25, -0.2) is 0 Å². The van der Waals surface area contributed by atoms with E-state index < -0.39 is 5.41 Å². The number of nitrogens with zero attached hydrogens (tertiary/aromatic N) is 2. The number of hydrogen-bond acceptors (Lipinski definition) is 3. The van der Waals surface area contributed by atoms with Crippen LogP contribution in [0.2, 0.25) is 0 Å². The summed E-state index contributed by atoms with van der Waals surface area (Å²) in [6, 6.07) is 0. The molecule has 0 bridgehead atoms. The molecule has 1 aromatic rings. The number of rotatable bonds is 1. The molecule has 0 spiro atoms. The summed E-state index contributed by atoms with van der Waals surface area (Å²) in [6.45, 7) is 5.46. The van der Waals surface area contributed by atoms with Crippen molar-refractivity contribution in [3.8, 4) is 0 Å². The first-order chi connectivity index (χ1) is 7.82. The molecule has 1 aromatic heterocycles. The fourth-order valence-electron chi connectivity index (χ4n) is 1.93. The lowest BCUT2D eigenvalue weighted by Gasteiger charge is -2.20. The number of hydrogen-bond donors (Lipinski definition) is 0. The van der Waals surface area contributed by atoms with Crippen molar-refractivity contribution < 1.29 is 9.59 Å². The van der Waals surface area contributed by atoms with Gasteiger partial charge in [-0.1, -0.05) is 26.8 Å². The Morgan fingerprint density at radius 2 is 2.06 bits per heavy atom. The van der Waals surface area contributed by atoms with E-state index in [9.17, 15) is 9.59 Å². The SMILES string of the molecule is Cn1ncc2c1CC=C(C(=O)C(C)(C)C)C2=O. The number of Topliss-reactive ketones (excluding diaryl/α,β-unsaturated/α-hetero) is 2. The maximum absolute atomic E-state index is 12.2. The highest BCUT2D eigenvalue weighted by atomic mass is 16.2. The van der Waals surface area contributed by atoms with E-state index in [1.54, 1.807) is 24.0 Å². The van der Waals surface area contributed by atoms with Crippen molar-refractivity contribution in [2.24, 2.45) is 12.5 Å². The molecule has 0 aromatic carbocycles. The molecule has 0 radical (unpaired) electrons. The number of aryl methyl sites for hydroxylation is 1. The Balaban J connectivity index is 2.40. The average molecular weight is 232 g/mol. The predicted molar refractivity (Wildman–Crippen MR) is 63.8 cm³/mol. The van der Waals surface area contributed by atoms with Crippen molar-refractivity contribution in [1.82, 2.24) is 9.78 Å². The number of aromatic nitrogens is 2. The van der Waals surface area contributed by atoms with Gasteiger partial charge in [0.2, 0.25) is 0 Å². The van der Waals surface area contributed by atoms with Crippen LogP contribution in [0, 0.1) is 5.41 Å². The Morgan fingerprint density at radius 1 is 1.41 bits per heavy atom. The van der Waals surface area contributed by atoms with E-state index in [0.29, 0.717) is 17.6 Å². The number of carbonyl (C=O) groups is 2. The van der Waals surface area contributed by atoms with Gasteiger partial charge in [-0.2, -0.15) is 5.10 Å². The molecule has 0 atom stereocenters. The lowest BCUT2D eigenvalue weighted by molar-refractivity contribution is -0.122. The predicted octanol–water partition coefficient (Wildman–Crippen LogP) is 1.70. The highest BCUT2D eigenvalue weighted by molar-refractivity contribution is 6.28. The average Bonchev–Trinajstić information content (AvgIpc) is 2.60. The molecule has 0 amide bonds. The van der Waals surface area contributed by atoms with Gasteiger partial charge in [-0.3, -0.25) is 14.3 Å². The Bertz CT molecular complexity index is 530. The van der Waals surface area contributed by atoms with Crippen LogP contribution in [0.3, 0.4) is 0 Å². The molecule has 0 saturated carbocycles. The first-order valence-corrected chi connectivity index (χ1v) is 5.63. The van der Waals surface area contributed by atoms with Crippen LogP contribution in [0.15, 0.2) is 17.8 Å². The topological polar surface area (TPSA) is 52.0 Å². The quantitative estimate of drug-likeness (QED) is 0.692. The largest absolute Gasteiger partial charge is 0.293 e. The maximum atomic E-state index is 12.2. The highest BCUT2D eigenvalue weighted by Crippen LogP contribution is 2.27. The molecule has 17 heavy (non-hydrogen) atoms. The monoisotopic (exact) mass is 232 g/mol. The molecule has 0 saturated heterocycles. The fourth-order valence-corrected chi connectivity index (χ4v) is 1.93. The number of allylic oxidation sites excluding steroid dienone is 2. The third-order valence-corrected chi connectivity index (χ3v) is 2.98. The summed E-state index contributed by atoms with van der Waals surface area (Å²) in [5, 5.41) is 4.06. The molecule has 0 aliphatic heterocycles. The van der Waals surface area contributed by atoms with Crippen LogP contribution in [0.4, 0.5) is 0 Å². The summed E-state index contributed by atoms with van der Waals surface area (Å²) in [7, 11) is 1.80. The van der Waals surface area contributed by atoms with Crippen LogP contribution in [0.5, 0.6) is 0 Å². The second-order valence-electron chi connectivity index (χ2n) is 5.36.